The molecule has 0 bridgehead atoms. The van der Waals surface area contributed by atoms with Crippen LogP contribution in [-0.4, -0.2) is 44.5 Å². The van der Waals surface area contributed by atoms with Gasteiger partial charge in [-0.05, 0) is 53.4 Å². The smallest absolute Gasteiger partial charge is 0.229 e. The van der Waals surface area contributed by atoms with E-state index in [9.17, 15) is 19.2 Å². The number of carbonyl (C=O) groups is 4. The Morgan fingerprint density at radius 2 is 0.792 bits per heavy atom. The van der Waals surface area contributed by atoms with E-state index < -0.39 is 11.1 Å². The summed E-state index contributed by atoms with van der Waals surface area (Å²) < 4.78 is 0. The summed E-state index contributed by atoms with van der Waals surface area (Å²) in [6.07, 6.45) is 0.904. The van der Waals surface area contributed by atoms with Crippen LogP contribution in [-0.2, 0) is 19.2 Å². The lowest BCUT2D eigenvalue weighted by Crippen LogP contribution is -2.56. The first-order valence-corrected chi connectivity index (χ1v) is 8.54. The zero-order chi connectivity index (χ0) is 18.4. The SMILES string of the molecule is CC(C)(C)N1C(=O)CC(C2CC(=O)N(C(C)(C)C)C(=O)C2)CC1=O. The van der Waals surface area contributed by atoms with Crippen LogP contribution in [0, 0.1) is 11.8 Å². The molecule has 0 aromatic rings. The van der Waals surface area contributed by atoms with Crippen LogP contribution in [0.5, 0.6) is 0 Å². The highest BCUT2D eigenvalue weighted by atomic mass is 16.2. The Morgan fingerprint density at radius 1 is 0.583 bits per heavy atom. The van der Waals surface area contributed by atoms with Crippen molar-refractivity contribution in [1.29, 1.82) is 0 Å². The maximum absolute atomic E-state index is 12.4. The van der Waals surface area contributed by atoms with Crippen molar-refractivity contribution in [3.8, 4) is 0 Å². The van der Waals surface area contributed by atoms with Crippen molar-refractivity contribution >= 4 is 23.6 Å². The molecule has 24 heavy (non-hydrogen) atoms. The maximum Gasteiger partial charge on any atom is 0.229 e. The molecule has 0 aromatic heterocycles. The average molecular weight is 336 g/mol. The van der Waals surface area contributed by atoms with E-state index in [1.54, 1.807) is 0 Å². The van der Waals surface area contributed by atoms with E-state index >= 15 is 0 Å². The maximum atomic E-state index is 12.4. The Morgan fingerprint density at radius 3 is 0.958 bits per heavy atom. The summed E-state index contributed by atoms with van der Waals surface area (Å²) in [4.78, 5) is 52.3. The highest BCUT2D eigenvalue weighted by Crippen LogP contribution is 2.37. The molecule has 4 amide bonds. The summed E-state index contributed by atoms with van der Waals surface area (Å²) in [5, 5.41) is 0. The van der Waals surface area contributed by atoms with Crippen molar-refractivity contribution in [2.75, 3.05) is 0 Å². The van der Waals surface area contributed by atoms with Crippen LogP contribution in [0.1, 0.15) is 67.2 Å². The molecule has 0 atom stereocenters. The van der Waals surface area contributed by atoms with E-state index in [4.69, 9.17) is 0 Å². The molecule has 2 saturated heterocycles. The van der Waals surface area contributed by atoms with Gasteiger partial charge in [0, 0.05) is 36.8 Å². The second-order valence-electron chi connectivity index (χ2n) is 8.92. The molecule has 2 fully saturated rings. The molecule has 0 radical (unpaired) electrons. The van der Waals surface area contributed by atoms with Gasteiger partial charge in [0.2, 0.25) is 23.6 Å². The fourth-order valence-electron chi connectivity index (χ4n) is 3.85. The van der Waals surface area contributed by atoms with Crippen LogP contribution in [0.3, 0.4) is 0 Å². The zero-order valence-corrected chi connectivity index (χ0v) is 15.5. The van der Waals surface area contributed by atoms with Gasteiger partial charge in [-0.15, -0.1) is 0 Å². The molecule has 0 spiro atoms. The summed E-state index contributed by atoms with van der Waals surface area (Å²) in [6, 6.07) is 0. The van der Waals surface area contributed by atoms with Crippen LogP contribution >= 0.6 is 0 Å². The molecule has 0 unspecified atom stereocenters. The number of rotatable bonds is 1. The lowest BCUT2D eigenvalue weighted by molar-refractivity contribution is -0.163. The van der Waals surface area contributed by atoms with Gasteiger partial charge in [-0.25, -0.2) is 0 Å². The van der Waals surface area contributed by atoms with Crippen LogP contribution < -0.4 is 0 Å². The Kier molecular flexibility index (Phi) is 4.63. The fourth-order valence-corrected chi connectivity index (χ4v) is 3.85. The minimum atomic E-state index is -0.541. The van der Waals surface area contributed by atoms with Crippen molar-refractivity contribution in [3.63, 3.8) is 0 Å². The first kappa shape index (κ1) is 18.6. The number of amides is 4. The Balaban J connectivity index is 2.13. The van der Waals surface area contributed by atoms with E-state index in [0.717, 1.165) is 0 Å². The van der Waals surface area contributed by atoms with Gasteiger partial charge < -0.3 is 0 Å². The number of hydrogen-bond donors (Lipinski definition) is 0. The Labute approximate surface area is 143 Å². The third-order valence-electron chi connectivity index (χ3n) is 4.75. The van der Waals surface area contributed by atoms with Gasteiger partial charge in [-0.3, -0.25) is 29.0 Å². The van der Waals surface area contributed by atoms with Gasteiger partial charge in [0.25, 0.3) is 0 Å². The minimum absolute atomic E-state index is 0.207. The predicted octanol–water partition coefficient (Wildman–Crippen LogP) is 2.11. The van der Waals surface area contributed by atoms with Crippen molar-refractivity contribution < 1.29 is 19.2 Å². The zero-order valence-electron chi connectivity index (χ0n) is 15.5. The van der Waals surface area contributed by atoms with Crippen LogP contribution in [0.25, 0.3) is 0 Å². The van der Waals surface area contributed by atoms with E-state index in [1.807, 2.05) is 41.5 Å². The molecule has 134 valence electrons. The van der Waals surface area contributed by atoms with Crippen molar-refractivity contribution in [2.24, 2.45) is 11.8 Å². The standard InChI is InChI=1S/C18H28N2O4/c1-17(2,3)19-13(21)7-11(8-14(19)22)12-9-15(23)20(16(24)10-12)18(4,5)6/h11-12H,7-10H2,1-6H3. The first-order chi connectivity index (χ1) is 10.8. The van der Waals surface area contributed by atoms with Crippen LogP contribution in [0.4, 0.5) is 0 Å². The number of imide groups is 2. The molecule has 6 heteroatoms. The average Bonchev–Trinajstić information content (AvgIpc) is 2.33. The van der Waals surface area contributed by atoms with Gasteiger partial charge in [0.1, 0.15) is 0 Å². The fraction of sp³-hybridized carbons (Fsp3) is 0.778. The van der Waals surface area contributed by atoms with Gasteiger partial charge in [-0.1, -0.05) is 0 Å². The molecule has 0 aliphatic carbocycles. The van der Waals surface area contributed by atoms with Gasteiger partial charge in [0.15, 0.2) is 0 Å². The summed E-state index contributed by atoms with van der Waals surface area (Å²) in [5.41, 5.74) is -1.08. The molecule has 6 nitrogen and oxygen atoms in total. The topological polar surface area (TPSA) is 74.8 Å². The van der Waals surface area contributed by atoms with Gasteiger partial charge in [0.05, 0.1) is 0 Å². The molecule has 2 aliphatic heterocycles. The van der Waals surface area contributed by atoms with Crippen LogP contribution in [0.15, 0.2) is 0 Å². The molecule has 0 N–H and O–H groups in total. The molecular weight excluding hydrogens is 308 g/mol. The lowest BCUT2D eigenvalue weighted by atomic mass is 9.76. The van der Waals surface area contributed by atoms with Gasteiger partial charge in [-0.2, -0.15) is 0 Å². The third kappa shape index (κ3) is 3.52. The molecule has 2 aliphatic rings. The van der Waals surface area contributed by atoms with E-state index in [1.165, 1.54) is 9.80 Å². The normalized spacial score (nSPS) is 22.6. The first-order valence-electron chi connectivity index (χ1n) is 8.54. The van der Waals surface area contributed by atoms with Crippen molar-refractivity contribution in [3.05, 3.63) is 0 Å². The van der Waals surface area contributed by atoms with Crippen molar-refractivity contribution in [2.45, 2.75) is 78.3 Å². The molecule has 0 saturated carbocycles. The van der Waals surface area contributed by atoms with E-state index in [0.29, 0.717) is 0 Å². The summed E-state index contributed by atoms with van der Waals surface area (Å²) in [6.45, 7) is 11.0. The Hall–Kier alpha value is -1.72. The van der Waals surface area contributed by atoms with E-state index in [-0.39, 0.29) is 61.1 Å². The third-order valence-corrected chi connectivity index (χ3v) is 4.75. The quantitative estimate of drug-likeness (QED) is 0.687. The van der Waals surface area contributed by atoms with Gasteiger partial charge >= 0.3 is 0 Å². The molecule has 2 rings (SSSR count). The predicted molar refractivity (Wildman–Crippen MR) is 88.7 cm³/mol. The van der Waals surface area contributed by atoms with Crippen LogP contribution in [0.2, 0.25) is 0 Å². The number of hydrogen-bond acceptors (Lipinski definition) is 4. The molecule has 2 heterocycles. The summed E-state index contributed by atoms with van der Waals surface area (Å²) >= 11 is 0. The summed E-state index contributed by atoms with van der Waals surface area (Å²) in [7, 11) is 0. The molecular formula is C18H28N2O4. The van der Waals surface area contributed by atoms with E-state index in [2.05, 4.69) is 0 Å². The minimum Gasteiger partial charge on any atom is -0.277 e. The highest BCUT2D eigenvalue weighted by Gasteiger charge is 2.46. The highest BCUT2D eigenvalue weighted by molar-refractivity contribution is 6.00. The number of nitrogens with zero attached hydrogens (tertiary/aromatic N) is 2. The monoisotopic (exact) mass is 336 g/mol. The lowest BCUT2D eigenvalue weighted by Gasteiger charge is -2.44. The second-order valence-corrected chi connectivity index (χ2v) is 8.92. The van der Waals surface area contributed by atoms with Crippen molar-refractivity contribution in [1.82, 2.24) is 9.80 Å². The summed E-state index contributed by atoms with van der Waals surface area (Å²) in [5.74, 6) is -1.27. The molecule has 0 aromatic carbocycles. The Bertz CT molecular complexity index is 495. The number of piperidine rings is 2. The largest absolute Gasteiger partial charge is 0.277 e. The number of likely N-dealkylation sites (tertiary alicyclic amines) is 2. The second kappa shape index (κ2) is 5.97. The number of carbonyl (C=O) groups excluding carboxylic acids is 4.